The fraction of sp³-hybridized carbons (Fsp3) is 0.583. The fourth-order valence-electron chi connectivity index (χ4n) is 1.52. The number of nitrogens with one attached hydrogen (secondary N) is 1. The van der Waals surface area contributed by atoms with Crippen LogP contribution in [-0.4, -0.2) is 19.0 Å². The summed E-state index contributed by atoms with van der Waals surface area (Å²) in [5.74, 6) is 0.126. The molecule has 0 fully saturated rings. The van der Waals surface area contributed by atoms with Gasteiger partial charge in [-0.3, -0.25) is 4.79 Å². The van der Waals surface area contributed by atoms with Gasteiger partial charge < -0.3 is 11.1 Å². The van der Waals surface area contributed by atoms with Gasteiger partial charge in [0.05, 0.1) is 0 Å². The molecule has 1 amide bonds. The molecule has 3 N–H and O–H groups in total. The van der Waals surface area contributed by atoms with E-state index in [0.29, 0.717) is 19.5 Å². The fourth-order valence-corrected chi connectivity index (χ4v) is 2.27. The summed E-state index contributed by atoms with van der Waals surface area (Å²) in [6, 6.07) is 4.25. The van der Waals surface area contributed by atoms with Gasteiger partial charge in [0.25, 0.3) is 0 Å². The topological polar surface area (TPSA) is 55.1 Å². The summed E-state index contributed by atoms with van der Waals surface area (Å²) >= 11 is 1.81. The van der Waals surface area contributed by atoms with Crippen molar-refractivity contribution in [1.29, 1.82) is 0 Å². The zero-order valence-electron chi connectivity index (χ0n) is 9.98. The highest BCUT2D eigenvalue weighted by atomic mass is 35.5. The Labute approximate surface area is 113 Å². The maximum atomic E-state index is 11.2. The van der Waals surface area contributed by atoms with Gasteiger partial charge in [0.2, 0.25) is 5.91 Å². The predicted octanol–water partition coefficient (Wildman–Crippen LogP) is 2.35. The van der Waals surface area contributed by atoms with Crippen molar-refractivity contribution in [2.24, 2.45) is 5.73 Å². The second-order valence-electron chi connectivity index (χ2n) is 3.78. The Morgan fingerprint density at radius 1 is 1.35 bits per heavy atom. The lowest BCUT2D eigenvalue weighted by atomic mass is 10.1. The lowest BCUT2D eigenvalue weighted by molar-refractivity contribution is -0.121. The number of carbonyl (C=O) groups is 1. The summed E-state index contributed by atoms with van der Waals surface area (Å²) in [4.78, 5) is 12.7. The first-order valence-corrected chi connectivity index (χ1v) is 6.70. The smallest absolute Gasteiger partial charge is 0.220 e. The molecule has 1 heterocycles. The molecule has 0 aliphatic carbocycles. The number of thiophene rings is 1. The van der Waals surface area contributed by atoms with E-state index in [1.807, 2.05) is 0 Å². The number of halogens is 1. The summed E-state index contributed by atoms with van der Waals surface area (Å²) in [7, 11) is 0. The Hall–Kier alpha value is -0.580. The van der Waals surface area contributed by atoms with Crippen molar-refractivity contribution in [1.82, 2.24) is 5.32 Å². The van der Waals surface area contributed by atoms with Crippen molar-refractivity contribution in [3.63, 3.8) is 0 Å². The Morgan fingerprint density at radius 2 is 2.18 bits per heavy atom. The summed E-state index contributed by atoms with van der Waals surface area (Å²) in [6.45, 7) is 1.11. The Balaban J connectivity index is 0.00000256. The van der Waals surface area contributed by atoms with Crippen molar-refractivity contribution >= 4 is 29.7 Å². The van der Waals surface area contributed by atoms with Crippen LogP contribution in [0.4, 0.5) is 0 Å². The number of unbranched alkanes of at least 4 members (excludes halogenated alkanes) is 2. The molecule has 5 heteroatoms. The second kappa shape index (κ2) is 10.6. The third-order valence-electron chi connectivity index (χ3n) is 2.37. The molecule has 3 nitrogen and oxygen atoms in total. The number of hydrogen-bond donors (Lipinski definition) is 2. The van der Waals surface area contributed by atoms with E-state index >= 15 is 0 Å². The molecular weight excluding hydrogens is 256 g/mol. The molecular formula is C12H21ClN2OS. The van der Waals surface area contributed by atoms with Gasteiger partial charge >= 0.3 is 0 Å². The molecule has 0 saturated heterocycles. The molecule has 0 aromatic carbocycles. The second-order valence-corrected chi connectivity index (χ2v) is 4.81. The Kier molecular flexibility index (Phi) is 10.2. The van der Waals surface area contributed by atoms with Gasteiger partial charge in [0.1, 0.15) is 0 Å². The van der Waals surface area contributed by atoms with E-state index in [-0.39, 0.29) is 18.3 Å². The van der Waals surface area contributed by atoms with E-state index in [2.05, 4.69) is 22.8 Å². The summed E-state index contributed by atoms with van der Waals surface area (Å²) in [6.07, 6.45) is 5.03. The van der Waals surface area contributed by atoms with Crippen LogP contribution in [0.3, 0.4) is 0 Å². The number of carbonyl (C=O) groups excluding carboxylic acids is 1. The van der Waals surface area contributed by atoms with E-state index in [1.54, 1.807) is 11.3 Å². The Bertz CT molecular complexity index is 291. The predicted molar refractivity (Wildman–Crippen MR) is 75.8 cm³/mol. The van der Waals surface area contributed by atoms with E-state index in [1.165, 1.54) is 11.3 Å². The summed E-state index contributed by atoms with van der Waals surface area (Å²) in [5, 5.41) is 4.88. The third-order valence-corrected chi connectivity index (χ3v) is 3.31. The monoisotopic (exact) mass is 276 g/mol. The minimum atomic E-state index is 0. The van der Waals surface area contributed by atoms with Gasteiger partial charge in [-0.15, -0.1) is 23.7 Å². The maximum absolute atomic E-state index is 11.2. The molecule has 0 saturated carbocycles. The van der Waals surface area contributed by atoms with Crippen molar-refractivity contribution in [2.75, 3.05) is 13.1 Å². The average molecular weight is 277 g/mol. The van der Waals surface area contributed by atoms with Crippen LogP contribution in [-0.2, 0) is 11.2 Å². The molecule has 0 aliphatic rings. The van der Waals surface area contributed by atoms with E-state index in [0.717, 1.165) is 19.3 Å². The number of rotatable bonds is 8. The van der Waals surface area contributed by atoms with Crippen LogP contribution < -0.4 is 11.1 Å². The van der Waals surface area contributed by atoms with Crippen molar-refractivity contribution in [3.05, 3.63) is 22.4 Å². The lowest BCUT2D eigenvalue weighted by Gasteiger charge is -2.02. The molecule has 0 radical (unpaired) electrons. The first-order chi connectivity index (χ1) is 7.83. The first-order valence-electron chi connectivity index (χ1n) is 5.82. The molecule has 1 aromatic heterocycles. The van der Waals surface area contributed by atoms with Crippen LogP contribution in [0.2, 0.25) is 0 Å². The average Bonchev–Trinajstić information content (AvgIpc) is 2.79. The highest BCUT2D eigenvalue weighted by molar-refractivity contribution is 7.09. The largest absolute Gasteiger partial charge is 0.355 e. The van der Waals surface area contributed by atoms with Crippen LogP contribution in [0.1, 0.15) is 30.6 Å². The van der Waals surface area contributed by atoms with E-state index in [9.17, 15) is 4.79 Å². The number of hydrogen-bond acceptors (Lipinski definition) is 3. The molecule has 1 aromatic rings. The van der Waals surface area contributed by atoms with Crippen LogP contribution in [0.25, 0.3) is 0 Å². The van der Waals surface area contributed by atoms with Crippen LogP contribution in [0.5, 0.6) is 0 Å². The van der Waals surface area contributed by atoms with Crippen molar-refractivity contribution in [2.45, 2.75) is 32.1 Å². The molecule has 17 heavy (non-hydrogen) atoms. The van der Waals surface area contributed by atoms with Crippen LogP contribution >= 0.6 is 23.7 Å². The van der Waals surface area contributed by atoms with Gasteiger partial charge in [0.15, 0.2) is 0 Å². The normalized spacial score (nSPS) is 9.71. The standard InChI is InChI=1S/C12H20N2OS.ClH/c13-8-9-14-12(15)7-3-1-2-5-11-6-4-10-16-11;/h4,6,10H,1-3,5,7-9,13H2,(H,14,15);1H. The van der Waals surface area contributed by atoms with Gasteiger partial charge in [-0.05, 0) is 30.7 Å². The van der Waals surface area contributed by atoms with Crippen molar-refractivity contribution < 1.29 is 4.79 Å². The van der Waals surface area contributed by atoms with Crippen molar-refractivity contribution in [3.8, 4) is 0 Å². The molecule has 1 rings (SSSR count). The quantitative estimate of drug-likeness (QED) is 0.716. The van der Waals surface area contributed by atoms with Gasteiger partial charge in [-0.25, -0.2) is 0 Å². The number of aryl methyl sites for hydroxylation is 1. The van der Waals surface area contributed by atoms with E-state index < -0.39 is 0 Å². The third kappa shape index (κ3) is 8.18. The zero-order valence-corrected chi connectivity index (χ0v) is 11.6. The summed E-state index contributed by atoms with van der Waals surface area (Å²) < 4.78 is 0. The lowest BCUT2D eigenvalue weighted by Crippen LogP contribution is -2.28. The summed E-state index contributed by atoms with van der Waals surface area (Å²) in [5.41, 5.74) is 5.29. The molecule has 0 bridgehead atoms. The molecule has 0 unspecified atom stereocenters. The molecule has 0 spiro atoms. The first kappa shape index (κ1) is 16.4. The van der Waals surface area contributed by atoms with Gasteiger partial charge in [-0.2, -0.15) is 0 Å². The van der Waals surface area contributed by atoms with Crippen LogP contribution in [0, 0.1) is 0 Å². The minimum absolute atomic E-state index is 0. The molecule has 98 valence electrons. The SMILES string of the molecule is Cl.NCCNC(=O)CCCCCc1cccs1. The zero-order chi connectivity index (χ0) is 11.6. The Morgan fingerprint density at radius 3 is 2.82 bits per heavy atom. The van der Waals surface area contributed by atoms with Gasteiger partial charge in [0, 0.05) is 24.4 Å². The maximum Gasteiger partial charge on any atom is 0.220 e. The molecule has 0 atom stereocenters. The number of nitrogens with two attached hydrogens (primary N) is 1. The van der Waals surface area contributed by atoms with E-state index in [4.69, 9.17) is 5.73 Å². The number of amides is 1. The minimum Gasteiger partial charge on any atom is -0.355 e. The molecule has 0 aliphatic heterocycles. The van der Waals surface area contributed by atoms with Crippen LogP contribution in [0.15, 0.2) is 17.5 Å². The van der Waals surface area contributed by atoms with Gasteiger partial charge in [-0.1, -0.05) is 12.5 Å². The highest BCUT2D eigenvalue weighted by Gasteiger charge is 2.00. The highest BCUT2D eigenvalue weighted by Crippen LogP contribution is 2.13.